The predicted molar refractivity (Wildman–Crippen MR) is 202 cm³/mol. The average Bonchev–Trinajstić information content (AvgIpc) is 3.87. The summed E-state index contributed by atoms with van der Waals surface area (Å²) in [6.45, 7) is 0. The number of para-hydroxylation sites is 1. The molecule has 11 aromatic rings. The highest BCUT2D eigenvalue weighted by Gasteiger charge is 2.24. The smallest absolute Gasteiger partial charge is 0.146 e. The molecule has 3 aromatic heterocycles. The summed E-state index contributed by atoms with van der Waals surface area (Å²) in [6.07, 6.45) is 1.88. The fourth-order valence-corrected chi connectivity index (χ4v) is 8.14. The van der Waals surface area contributed by atoms with Crippen LogP contribution in [-0.4, -0.2) is 0 Å². The molecule has 0 aliphatic heterocycles. The minimum absolute atomic E-state index is 0.813. The Kier molecular flexibility index (Phi) is 5.38. The van der Waals surface area contributed by atoms with Gasteiger partial charge >= 0.3 is 0 Å². The van der Waals surface area contributed by atoms with Gasteiger partial charge in [0.15, 0.2) is 0 Å². The lowest BCUT2D eigenvalue weighted by molar-refractivity contribution is 0.619. The van der Waals surface area contributed by atoms with E-state index in [-0.39, 0.29) is 0 Å². The molecule has 0 spiro atoms. The zero-order valence-electron chi connectivity index (χ0n) is 26.2. The summed E-state index contributed by atoms with van der Waals surface area (Å²) in [5.74, 6) is 0. The topological polar surface area (TPSA) is 39.4 Å². The highest BCUT2D eigenvalue weighted by atomic mass is 16.3. The summed E-state index contributed by atoms with van der Waals surface area (Å²) < 4.78 is 19.3. The first kappa shape index (κ1) is 26.5. The molecule has 228 valence electrons. The fourth-order valence-electron chi connectivity index (χ4n) is 8.14. The normalized spacial score (nSPS) is 12.1. The van der Waals surface area contributed by atoms with E-state index in [4.69, 9.17) is 13.3 Å². The third-order valence-electron chi connectivity index (χ3n) is 10.2. The van der Waals surface area contributed by atoms with Crippen molar-refractivity contribution in [1.29, 1.82) is 0 Å². The van der Waals surface area contributed by atoms with Crippen LogP contribution in [-0.2, 0) is 0 Å². The van der Waals surface area contributed by atoms with E-state index in [2.05, 4.69) is 133 Å². The van der Waals surface area contributed by atoms with E-state index in [0.29, 0.717) is 0 Å². The van der Waals surface area contributed by atoms with Gasteiger partial charge in [-0.2, -0.15) is 0 Å². The van der Waals surface area contributed by atoms with Gasteiger partial charge in [0.05, 0.1) is 11.6 Å². The van der Waals surface area contributed by atoms with Crippen molar-refractivity contribution >= 4 is 76.4 Å². The van der Waals surface area contributed by atoms with Gasteiger partial charge in [0.1, 0.15) is 27.9 Å². The van der Waals surface area contributed by atoms with Crippen molar-refractivity contribution in [2.24, 2.45) is 0 Å². The van der Waals surface area contributed by atoms with Crippen LogP contribution in [0.1, 0.15) is 0 Å². The second kappa shape index (κ2) is 9.96. The second-order valence-electron chi connectivity index (χ2n) is 12.7. The molecule has 0 amide bonds. The molecule has 3 heteroatoms. The molecule has 11 rings (SSSR count). The third kappa shape index (κ3) is 3.67. The zero-order chi connectivity index (χ0) is 32.1. The lowest BCUT2D eigenvalue weighted by Gasteiger charge is -2.18. The van der Waals surface area contributed by atoms with Gasteiger partial charge in [-0.05, 0) is 79.7 Å². The molecule has 0 atom stereocenters. The van der Waals surface area contributed by atoms with Crippen molar-refractivity contribution in [2.45, 2.75) is 0 Å². The quantitative estimate of drug-likeness (QED) is 0.183. The van der Waals surface area contributed by atoms with Crippen LogP contribution in [0.3, 0.4) is 0 Å². The molecule has 0 bridgehead atoms. The SMILES string of the molecule is c1ccc(-c2coc3c2ccc2oc4cccc(-c5c6ccccc6c(-c6cccc7oc8ccccc8c67)c6ccccc56)c4c23)cc1. The van der Waals surface area contributed by atoms with Gasteiger partial charge < -0.3 is 13.3 Å². The molecular weight excluding hydrogens is 601 g/mol. The van der Waals surface area contributed by atoms with E-state index in [0.717, 1.165) is 71.5 Å². The Hall–Kier alpha value is -6.58. The maximum absolute atomic E-state index is 6.56. The van der Waals surface area contributed by atoms with Crippen molar-refractivity contribution < 1.29 is 13.3 Å². The summed E-state index contributed by atoms with van der Waals surface area (Å²) in [4.78, 5) is 0. The maximum atomic E-state index is 6.56. The molecular formula is C46H26O3. The molecule has 0 N–H and O–H groups in total. The Morgan fingerprint density at radius 2 is 0.816 bits per heavy atom. The Bertz CT molecular complexity index is 3040. The largest absolute Gasteiger partial charge is 0.463 e. The Balaban J connectivity index is 1.27. The molecule has 0 aliphatic carbocycles. The zero-order valence-corrected chi connectivity index (χ0v) is 26.2. The molecule has 0 aliphatic rings. The summed E-state index contributed by atoms with van der Waals surface area (Å²) in [6, 6.07) is 53.3. The lowest BCUT2D eigenvalue weighted by atomic mass is 9.84. The second-order valence-corrected chi connectivity index (χ2v) is 12.7. The Morgan fingerprint density at radius 3 is 1.49 bits per heavy atom. The van der Waals surface area contributed by atoms with Crippen LogP contribution in [0.15, 0.2) is 171 Å². The van der Waals surface area contributed by atoms with Gasteiger partial charge in [-0.15, -0.1) is 0 Å². The van der Waals surface area contributed by atoms with Crippen molar-refractivity contribution in [3.63, 3.8) is 0 Å². The average molecular weight is 627 g/mol. The van der Waals surface area contributed by atoms with Crippen molar-refractivity contribution in [3.05, 3.63) is 158 Å². The summed E-state index contributed by atoms with van der Waals surface area (Å²) in [7, 11) is 0. The van der Waals surface area contributed by atoms with E-state index >= 15 is 0 Å². The van der Waals surface area contributed by atoms with E-state index in [1.54, 1.807) is 0 Å². The van der Waals surface area contributed by atoms with Crippen LogP contribution in [0, 0.1) is 0 Å². The van der Waals surface area contributed by atoms with Gasteiger partial charge in [-0.25, -0.2) is 0 Å². The first-order chi connectivity index (χ1) is 24.3. The minimum Gasteiger partial charge on any atom is -0.463 e. The fraction of sp³-hybridized carbons (Fsp3) is 0. The predicted octanol–water partition coefficient (Wildman–Crippen LogP) is 13.5. The monoisotopic (exact) mass is 626 g/mol. The van der Waals surface area contributed by atoms with Gasteiger partial charge in [0.2, 0.25) is 0 Å². The highest BCUT2D eigenvalue weighted by molar-refractivity contribution is 6.30. The number of hydrogen-bond donors (Lipinski definition) is 0. The van der Waals surface area contributed by atoms with E-state index in [9.17, 15) is 0 Å². The van der Waals surface area contributed by atoms with Crippen LogP contribution < -0.4 is 0 Å². The number of benzene rings is 8. The van der Waals surface area contributed by atoms with E-state index < -0.39 is 0 Å². The van der Waals surface area contributed by atoms with Gasteiger partial charge in [0.25, 0.3) is 0 Å². The number of rotatable bonds is 3. The van der Waals surface area contributed by atoms with Gasteiger partial charge in [0, 0.05) is 27.1 Å². The third-order valence-corrected chi connectivity index (χ3v) is 10.2. The highest BCUT2D eigenvalue weighted by Crippen LogP contribution is 2.50. The van der Waals surface area contributed by atoms with E-state index in [1.165, 1.54) is 38.2 Å². The number of fused-ring (bicyclic) bond motifs is 10. The molecule has 0 saturated heterocycles. The number of furan rings is 3. The Labute approximate surface area is 280 Å². The number of hydrogen-bond acceptors (Lipinski definition) is 3. The molecule has 3 nitrogen and oxygen atoms in total. The van der Waals surface area contributed by atoms with Gasteiger partial charge in [-0.1, -0.05) is 121 Å². The van der Waals surface area contributed by atoms with Crippen LogP contribution in [0.2, 0.25) is 0 Å². The minimum atomic E-state index is 0.813. The van der Waals surface area contributed by atoms with Crippen LogP contribution >= 0.6 is 0 Å². The first-order valence-corrected chi connectivity index (χ1v) is 16.6. The summed E-state index contributed by atoms with van der Waals surface area (Å²) in [5.41, 5.74) is 11.1. The molecule has 0 unspecified atom stereocenters. The van der Waals surface area contributed by atoms with Crippen molar-refractivity contribution in [3.8, 4) is 33.4 Å². The molecule has 49 heavy (non-hydrogen) atoms. The van der Waals surface area contributed by atoms with E-state index in [1.807, 2.05) is 24.5 Å². The summed E-state index contributed by atoms with van der Waals surface area (Å²) in [5, 5.41) is 10.1. The lowest BCUT2D eigenvalue weighted by Crippen LogP contribution is -1.91. The Morgan fingerprint density at radius 1 is 0.306 bits per heavy atom. The van der Waals surface area contributed by atoms with Gasteiger partial charge in [-0.3, -0.25) is 0 Å². The molecule has 0 radical (unpaired) electrons. The summed E-state index contributed by atoms with van der Waals surface area (Å²) >= 11 is 0. The molecule has 8 aromatic carbocycles. The first-order valence-electron chi connectivity index (χ1n) is 16.6. The van der Waals surface area contributed by atoms with Crippen LogP contribution in [0.25, 0.3) is 110 Å². The van der Waals surface area contributed by atoms with Crippen LogP contribution in [0.4, 0.5) is 0 Å². The standard InChI is InChI=1S/C46H26O3/c1-2-12-27(13-3-1)36-26-47-46-32(36)24-25-40-45(46)44-35(20-11-23-39(44)49-40)42-30-16-6-4-14-28(30)41(29-15-5-7-17-31(29)42)34-19-10-22-38-43(34)33-18-8-9-21-37(33)48-38/h1-26H. The van der Waals surface area contributed by atoms with Crippen LogP contribution in [0.5, 0.6) is 0 Å². The maximum Gasteiger partial charge on any atom is 0.146 e. The van der Waals surface area contributed by atoms with Crippen molar-refractivity contribution in [1.82, 2.24) is 0 Å². The molecule has 3 heterocycles. The molecule has 0 fully saturated rings. The molecule has 0 saturated carbocycles. The van der Waals surface area contributed by atoms with Crippen molar-refractivity contribution in [2.75, 3.05) is 0 Å².